The molecule has 0 atom stereocenters. The lowest BCUT2D eigenvalue weighted by atomic mass is 10.2. The van der Waals surface area contributed by atoms with Crippen molar-refractivity contribution in [3.8, 4) is 0 Å². The highest BCUT2D eigenvalue weighted by Gasteiger charge is 2.23. The summed E-state index contributed by atoms with van der Waals surface area (Å²) in [6, 6.07) is 11.4. The number of hydrogen-bond donors (Lipinski definition) is 1. The van der Waals surface area contributed by atoms with Gasteiger partial charge in [0.1, 0.15) is 0 Å². The number of carbonyl (C=O) groups excluding carboxylic acids is 1. The second kappa shape index (κ2) is 5.95. The van der Waals surface area contributed by atoms with Crippen molar-refractivity contribution in [2.45, 2.75) is 0 Å². The summed E-state index contributed by atoms with van der Waals surface area (Å²) in [7, 11) is 0. The van der Waals surface area contributed by atoms with Crippen LogP contribution in [0.25, 0.3) is 0 Å². The zero-order chi connectivity index (χ0) is 14.8. The molecular weight excluding hydrogens is 306 g/mol. The Kier molecular flexibility index (Phi) is 4.03. The summed E-state index contributed by atoms with van der Waals surface area (Å²) in [4.78, 5) is 17.2. The third kappa shape index (κ3) is 3.14. The zero-order valence-electron chi connectivity index (χ0n) is 11.5. The van der Waals surface area contributed by atoms with Gasteiger partial charge in [-0.2, -0.15) is 0 Å². The van der Waals surface area contributed by atoms with Gasteiger partial charge in [-0.3, -0.25) is 4.79 Å². The Bertz CT molecular complexity index is 650. The minimum atomic E-state index is 0.0686. The molecule has 0 unspecified atom stereocenters. The minimum absolute atomic E-state index is 0.0686. The van der Waals surface area contributed by atoms with Crippen LogP contribution in [0.3, 0.4) is 0 Å². The third-order valence-electron chi connectivity index (χ3n) is 3.59. The van der Waals surface area contributed by atoms with Crippen LogP contribution in [0, 0.1) is 0 Å². The van der Waals surface area contributed by atoms with Gasteiger partial charge in [0.2, 0.25) is 0 Å². The molecule has 1 amide bonds. The first kappa shape index (κ1) is 14.2. The summed E-state index contributed by atoms with van der Waals surface area (Å²) in [5, 5.41) is 0. The average Bonchev–Trinajstić information content (AvgIpc) is 2.93. The molecule has 0 aliphatic carbocycles. The van der Waals surface area contributed by atoms with Crippen molar-refractivity contribution in [2.24, 2.45) is 0 Å². The number of rotatable bonds is 2. The minimum Gasteiger partial charge on any atom is -0.399 e. The number of amides is 1. The van der Waals surface area contributed by atoms with Crippen LogP contribution >= 0.6 is 22.9 Å². The smallest absolute Gasteiger partial charge is 0.264 e. The summed E-state index contributed by atoms with van der Waals surface area (Å²) in [6.45, 7) is 3.05. The molecule has 21 heavy (non-hydrogen) atoms. The summed E-state index contributed by atoms with van der Waals surface area (Å²) < 4.78 is 0.650. The van der Waals surface area contributed by atoms with E-state index in [1.54, 1.807) is 12.1 Å². The van der Waals surface area contributed by atoms with Crippen molar-refractivity contribution in [2.75, 3.05) is 36.8 Å². The fraction of sp³-hybridized carbons (Fsp3) is 0.267. The first-order valence-corrected chi connectivity index (χ1v) is 7.98. The van der Waals surface area contributed by atoms with Crippen LogP contribution < -0.4 is 10.6 Å². The van der Waals surface area contributed by atoms with E-state index in [-0.39, 0.29) is 5.91 Å². The van der Waals surface area contributed by atoms with Gasteiger partial charge in [0.25, 0.3) is 5.91 Å². The maximum absolute atomic E-state index is 12.3. The number of anilines is 2. The molecule has 4 nitrogen and oxygen atoms in total. The molecule has 1 saturated heterocycles. The van der Waals surface area contributed by atoms with E-state index in [0.29, 0.717) is 22.3 Å². The fourth-order valence-electron chi connectivity index (χ4n) is 2.47. The van der Waals surface area contributed by atoms with Gasteiger partial charge in [0.05, 0.1) is 9.21 Å². The zero-order valence-corrected chi connectivity index (χ0v) is 13.0. The first-order chi connectivity index (χ1) is 10.1. The number of nitrogens with two attached hydrogens (primary N) is 1. The Morgan fingerprint density at radius 1 is 1.14 bits per heavy atom. The lowest BCUT2D eigenvalue weighted by Crippen LogP contribution is -2.48. The SMILES string of the molecule is Nc1cccc(N2CCN(C(=O)c3ccc(Cl)s3)CC2)c1. The molecule has 6 heteroatoms. The summed E-state index contributed by atoms with van der Waals surface area (Å²) in [6.07, 6.45) is 0. The van der Waals surface area contributed by atoms with Crippen LogP contribution in [0.15, 0.2) is 36.4 Å². The number of benzene rings is 1. The highest BCUT2D eigenvalue weighted by atomic mass is 35.5. The Morgan fingerprint density at radius 2 is 1.90 bits per heavy atom. The molecular formula is C15H16ClN3OS. The first-order valence-electron chi connectivity index (χ1n) is 6.78. The predicted octanol–water partition coefficient (Wildman–Crippen LogP) is 2.95. The Labute approximate surface area is 132 Å². The number of nitrogen functional groups attached to an aromatic ring is 1. The molecule has 3 rings (SSSR count). The van der Waals surface area contributed by atoms with Gasteiger partial charge in [-0.25, -0.2) is 0 Å². The molecule has 2 N–H and O–H groups in total. The molecule has 2 heterocycles. The second-order valence-electron chi connectivity index (χ2n) is 4.98. The van der Waals surface area contributed by atoms with Crippen molar-refractivity contribution >= 4 is 40.2 Å². The quantitative estimate of drug-likeness (QED) is 0.865. The molecule has 0 bridgehead atoms. The van der Waals surface area contributed by atoms with Crippen molar-refractivity contribution in [1.82, 2.24) is 4.90 Å². The van der Waals surface area contributed by atoms with E-state index in [9.17, 15) is 4.79 Å². The van der Waals surface area contributed by atoms with Crippen molar-refractivity contribution in [3.05, 3.63) is 45.6 Å². The standard InChI is InChI=1S/C15H16ClN3OS/c16-14-5-4-13(21-14)15(20)19-8-6-18(7-9-19)12-3-1-2-11(17)10-12/h1-5,10H,6-9,17H2. The summed E-state index contributed by atoms with van der Waals surface area (Å²) in [5.74, 6) is 0.0686. The van der Waals surface area contributed by atoms with E-state index < -0.39 is 0 Å². The monoisotopic (exact) mass is 321 g/mol. The Hall–Kier alpha value is -1.72. The van der Waals surface area contributed by atoms with Gasteiger partial charge in [-0.1, -0.05) is 17.7 Å². The van der Waals surface area contributed by atoms with E-state index in [0.717, 1.165) is 24.5 Å². The number of thiophene rings is 1. The van der Waals surface area contributed by atoms with E-state index >= 15 is 0 Å². The molecule has 2 aromatic rings. The van der Waals surface area contributed by atoms with Crippen LogP contribution in [0.2, 0.25) is 4.34 Å². The Balaban J connectivity index is 1.64. The van der Waals surface area contributed by atoms with E-state index in [4.69, 9.17) is 17.3 Å². The fourth-order valence-corrected chi connectivity index (χ4v) is 3.49. The van der Waals surface area contributed by atoms with Gasteiger partial charge < -0.3 is 15.5 Å². The maximum atomic E-state index is 12.3. The van der Waals surface area contributed by atoms with Gasteiger partial charge in [0.15, 0.2) is 0 Å². The largest absolute Gasteiger partial charge is 0.399 e. The number of carbonyl (C=O) groups is 1. The molecule has 1 fully saturated rings. The van der Waals surface area contributed by atoms with Crippen molar-refractivity contribution in [1.29, 1.82) is 0 Å². The van der Waals surface area contributed by atoms with Crippen LogP contribution in [0.5, 0.6) is 0 Å². The van der Waals surface area contributed by atoms with Gasteiger partial charge in [-0.05, 0) is 30.3 Å². The molecule has 1 aromatic carbocycles. The number of piperazine rings is 1. The lowest BCUT2D eigenvalue weighted by Gasteiger charge is -2.36. The summed E-state index contributed by atoms with van der Waals surface area (Å²) >= 11 is 7.22. The van der Waals surface area contributed by atoms with Gasteiger partial charge in [-0.15, -0.1) is 11.3 Å². The lowest BCUT2D eigenvalue weighted by molar-refractivity contribution is 0.0751. The molecule has 0 radical (unpaired) electrons. The average molecular weight is 322 g/mol. The van der Waals surface area contributed by atoms with Gasteiger partial charge in [0, 0.05) is 37.6 Å². The number of nitrogens with zero attached hydrogens (tertiary/aromatic N) is 2. The molecule has 1 aliphatic rings. The van der Waals surface area contributed by atoms with Crippen LogP contribution in [0.1, 0.15) is 9.67 Å². The highest BCUT2D eigenvalue weighted by Crippen LogP contribution is 2.24. The number of hydrogen-bond acceptors (Lipinski definition) is 4. The van der Waals surface area contributed by atoms with Crippen LogP contribution in [-0.4, -0.2) is 37.0 Å². The van der Waals surface area contributed by atoms with Crippen molar-refractivity contribution in [3.63, 3.8) is 0 Å². The topological polar surface area (TPSA) is 49.6 Å². The highest BCUT2D eigenvalue weighted by molar-refractivity contribution is 7.17. The predicted molar refractivity (Wildman–Crippen MR) is 88.3 cm³/mol. The van der Waals surface area contributed by atoms with E-state index in [2.05, 4.69) is 4.90 Å². The van der Waals surface area contributed by atoms with E-state index in [1.807, 2.05) is 29.2 Å². The maximum Gasteiger partial charge on any atom is 0.264 e. The van der Waals surface area contributed by atoms with Crippen LogP contribution in [0.4, 0.5) is 11.4 Å². The third-order valence-corrected chi connectivity index (χ3v) is 4.81. The van der Waals surface area contributed by atoms with E-state index in [1.165, 1.54) is 11.3 Å². The normalized spacial score (nSPS) is 15.3. The molecule has 0 spiro atoms. The molecule has 1 aliphatic heterocycles. The van der Waals surface area contributed by atoms with Crippen LogP contribution in [-0.2, 0) is 0 Å². The van der Waals surface area contributed by atoms with Gasteiger partial charge >= 0.3 is 0 Å². The molecule has 0 saturated carbocycles. The number of halogens is 1. The second-order valence-corrected chi connectivity index (χ2v) is 6.69. The van der Waals surface area contributed by atoms with Crippen molar-refractivity contribution < 1.29 is 4.79 Å². The molecule has 1 aromatic heterocycles. The Morgan fingerprint density at radius 3 is 2.52 bits per heavy atom. The summed E-state index contributed by atoms with van der Waals surface area (Å²) in [5.41, 5.74) is 7.69. The molecule has 110 valence electrons.